The Labute approximate surface area is 148 Å². The fourth-order valence-electron chi connectivity index (χ4n) is 2.39. The summed E-state index contributed by atoms with van der Waals surface area (Å²) < 4.78 is 0. The van der Waals surface area contributed by atoms with Crippen molar-refractivity contribution < 1.29 is 0 Å². The van der Waals surface area contributed by atoms with E-state index in [2.05, 4.69) is 51.6 Å². The number of rotatable bonds is 7. The second-order valence-electron chi connectivity index (χ2n) is 5.99. The van der Waals surface area contributed by atoms with Crippen LogP contribution in [0.3, 0.4) is 0 Å². The highest BCUT2D eigenvalue weighted by Crippen LogP contribution is 2.22. The minimum atomic E-state index is 0.353. The van der Waals surface area contributed by atoms with Crippen LogP contribution in [0, 0.1) is 0 Å². The van der Waals surface area contributed by atoms with E-state index < -0.39 is 0 Å². The van der Waals surface area contributed by atoms with Crippen molar-refractivity contribution in [3.05, 3.63) is 66.5 Å². The topological polar surface area (TPSA) is 62.7 Å². The standard InChI is InChI=1S/C20H23N5/c1-3-15(2)23-19-13-18(17-7-5-4-6-8-17)24-20(25-19)22-14-16-9-11-21-12-10-16/h4-13,15H,3,14H2,1-2H3,(H2,22,23,24,25). The Hall–Kier alpha value is -2.95. The Bertz CT molecular complexity index is 790. The van der Waals surface area contributed by atoms with Crippen LogP contribution in [0.5, 0.6) is 0 Å². The molecule has 5 heteroatoms. The van der Waals surface area contributed by atoms with Crippen LogP contribution in [0.4, 0.5) is 11.8 Å². The zero-order valence-corrected chi connectivity index (χ0v) is 14.6. The molecule has 128 valence electrons. The normalized spacial score (nSPS) is 11.8. The smallest absolute Gasteiger partial charge is 0.225 e. The second-order valence-corrected chi connectivity index (χ2v) is 5.99. The third kappa shape index (κ3) is 4.76. The van der Waals surface area contributed by atoms with Gasteiger partial charge in [0.1, 0.15) is 5.82 Å². The van der Waals surface area contributed by atoms with Crippen molar-refractivity contribution in [3.63, 3.8) is 0 Å². The number of pyridine rings is 1. The Morgan fingerprint density at radius 2 is 1.76 bits per heavy atom. The van der Waals surface area contributed by atoms with E-state index >= 15 is 0 Å². The number of hydrogen-bond donors (Lipinski definition) is 2. The van der Waals surface area contributed by atoms with Gasteiger partial charge < -0.3 is 10.6 Å². The lowest BCUT2D eigenvalue weighted by Crippen LogP contribution is -2.15. The van der Waals surface area contributed by atoms with Crippen LogP contribution in [0.1, 0.15) is 25.8 Å². The molecule has 2 N–H and O–H groups in total. The van der Waals surface area contributed by atoms with E-state index in [0.717, 1.165) is 29.1 Å². The summed E-state index contributed by atoms with van der Waals surface area (Å²) in [7, 11) is 0. The molecule has 2 aromatic heterocycles. The molecule has 0 aliphatic heterocycles. The molecule has 1 atom stereocenters. The molecule has 2 heterocycles. The molecular formula is C20H23N5. The van der Waals surface area contributed by atoms with Gasteiger partial charge in [-0.25, -0.2) is 4.98 Å². The van der Waals surface area contributed by atoms with E-state index in [9.17, 15) is 0 Å². The molecular weight excluding hydrogens is 310 g/mol. The Morgan fingerprint density at radius 1 is 1.00 bits per heavy atom. The summed E-state index contributed by atoms with van der Waals surface area (Å²) in [4.78, 5) is 13.3. The van der Waals surface area contributed by atoms with Crippen molar-refractivity contribution in [2.45, 2.75) is 32.9 Å². The van der Waals surface area contributed by atoms with E-state index in [-0.39, 0.29) is 0 Å². The van der Waals surface area contributed by atoms with Gasteiger partial charge >= 0.3 is 0 Å². The predicted octanol–water partition coefficient (Wildman–Crippen LogP) is 4.36. The van der Waals surface area contributed by atoms with E-state index in [1.54, 1.807) is 12.4 Å². The summed E-state index contributed by atoms with van der Waals surface area (Å²) in [5.41, 5.74) is 3.11. The minimum absolute atomic E-state index is 0.353. The van der Waals surface area contributed by atoms with Crippen molar-refractivity contribution >= 4 is 11.8 Å². The SMILES string of the molecule is CCC(C)Nc1cc(-c2ccccc2)nc(NCc2ccncc2)n1. The first-order valence-corrected chi connectivity index (χ1v) is 8.58. The first kappa shape index (κ1) is 16.9. The van der Waals surface area contributed by atoms with Crippen molar-refractivity contribution in [3.8, 4) is 11.3 Å². The third-order valence-corrected chi connectivity index (χ3v) is 4.00. The van der Waals surface area contributed by atoms with Crippen LogP contribution in [0.2, 0.25) is 0 Å². The molecule has 0 fully saturated rings. The molecule has 0 amide bonds. The van der Waals surface area contributed by atoms with Gasteiger partial charge in [-0.1, -0.05) is 37.3 Å². The largest absolute Gasteiger partial charge is 0.367 e. The average Bonchev–Trinajstić information content (AvgIpc) is 2.67. The Balaban J connectivity index is 1.86. The Morgan fingerprint density at radius 3 is 2.48 bits per heavy atom. The van der Waals surface area contributed by atoms with Crippen LogP contribution in [0.25, 0.3) is 11.3 Å². The molecule has 1 unspecified atom stereocenters. The lowest BCUT2D eigenvalue weighted by molar-refractivity contribution is 0.758. The van der Waals surface area contributed by atoms with Crippen molar-refractivity contribution in [1.29, 1.82) is 0 Å². The maximum atomic E-state index is 4.67. The average molecular weight is 333 g/mol. The summed E-state index contributed by atoms with van der Waals surface area (Å²) in [6.45, 7) is 4.96. The number of aromatic nitrogens is 3. The zero-order valence-electron chi connectivity index (χ0n) is 14.6. The quantitative estimate of drug-likeness (QED) is 0.672. The van der Waals surface area contributed by atoms with Gasteiger partial charge in [-0.2, -0.15) is 4.98 Å². The zero-order chi connectivity index (χ0) is 17.5. The highest BCUT2D eigenvalue weighted by atomic mass is 15.1. The van der Waals surface area contributed by atoms with Crippen LogP contribution in [0.15, 0.2) is 60.9 Å². The number of anilines is 2. The molecule has 0 aliphatic rings. The lowest BCUT2D eigenvalue weighted by atomic mass is 10.1. The molecule has 0 spiro atoms. The first-order valence-electron chi connectivity index (χ1n) is 8.58. The van der Waals surface area contributed by atoms with Crippen molar-refractivity contribution in [1.82, 2.24) is 15.0 Å². The van der Waals surface area contributed by atoms with E-state index in [4.69, 9.17) is 0 Å². The molecule has 5 nitrogen and oxygen atoms in total. The summed E-state index contributed by atoms with van der Waals surface area (Å²) in [6.07, 6.45) is 4.60. The van der Waals surface area contributed by atoms with Gasteiger partial charge in [0.2, 0.25) is 5.95 Å². The first-order chi connectivity index (χ1) is 12.2. The van der Waals surface area contributed by atoms with Crippen LogP contribution < -0.4 is 10.6 Å². The molecule has 0 radical (unpaired) electrons. The molecule has 25 heavy (non-hydrogen) atoms. The molecule has 0 saturated carbocycles. The van der Waals surface area contributed by atoms with Crippen LogP contribution in [-0.4, -0.2) is 21.0 Å². The minimum Gasteiger partial charge on any atom is -0.367 e. The number of nitrogens with one attached hydrogen (secondary N) is 2. The Kier molecular flexibility index (Phi) is 5.57. The summed E-state index contributed by atoms with van der Waals surface area (Å²) in [6, 6.07) is 16.5. The van der Waals surface area contributed by atoms with Gasteiger partial charge in [0.25, 0.3) is 0 Å². The number of benzene rings is 1. The molecule has 1 aromatic carbocycles. The van der Waals surface area contributed by atoms with E-state index in [1.165, 1.54) is 0 Å². The predicted molar refractivity (Wildman–Crippen MR) is 102 cm³/mol. The monoisotopic (exact) mass is 333 g/mol. The van der Waals surface area contributed by atoms with Gasteiger partial charge in [0.15, 0.2) is 0 Å². The van der Waals surface area contributed by atoms with Crippen molar-refractivity contribution in [2.75, 3.05) is 10.6 Å². The van der Waals surface area contributed by atoms with Gasteiger partial charge in [-0.15, -0.1) is 0 Å². The fourth-order valence-corrected chi connectivity index (χ4v) is 2.39. The molecule has 0 saturated heterocycles. The number of hydrogen-bond acceptors (Lipinski definition) is 5. The summed E-state index contributed by atoms with van der Waals surface area (Å²) in [5, 5.41) is 6.75. The lowest BCUT2D eigenvalue weighted by Gasteiger charge is -2.15. The molecule has 0 bridgehead atoms. The summed E-state index contributed by atoms with van der Waals surface area (Å²) in [5.74, 6) is 1.45. The van der Waals surface area contributed by atoms with Gasteiger partial charge in [0.05, 0.1) is 5.69 Å². The maximum Gasteiger partial charge on any atom is 0.225 e. The highest BCUT2D eigenvalue weighted by Gasteiger charge is 2.08. The van der Waals surface area contributed by atoms with Gasteiger partial charge in [0, 0.05) is 36.6 Å². The highest BCUT2D eigenvalue weighted by molar-refractivity contribution is 5.64. The van der Waals surface area contributed by atoms with Gasteiger partial charge in [-0.05, 0) is 31.0 Å². The molecule has 3 rings (SSSR count). The van der Waals surface area contributed by atoms with Gasteiger partial charge in [-0.3, -0.25) is 4.98 Å². The molecule has 3 aromatic rings. The molecule has 0 aliphatic carbocycles. The fraction of sp³-hybridized carbons (Fsp3) is 0.250. The van der Waals surface area contributed by atoms with E-state index in [1.807, 2.05) is 36.4 Å². The number of nitrogens with zero attached hydrogens (tertiary/aromatic N) is 3. The second kappa shape index (κ2) is 8.24. The summed E-state index contributed by atoms with van der Waals surface area (Å²) >= 11 is 0. The van der Waals surface area contributed by atoms with Crippen molar-refractivity contribution in [2.24, 2.45) is 0 Å². The third-order valence-electron chi connectivity index (χ3n) is 4.00. The maximum absolute atomic E-state index is 4.67. The van der Waals surface area contributed by atoms with E-state index in [0.29, 0.717) is 18.5 Å². The van der Waals surface area contributed by atoms with Crippen LogP contribution in [-0.2, 0) is 6.54 Å². The van der Waals surface area contributed by atoms with Crippen LogP contribution >= 0.6 is 0 Å².